The molecule has 0 fully saturated rings. The van der Waals surface area contributed by atoms with Gasteiger partial charge in [-0.2, -0.15) is 0 Å². The molecule has 0 amide bonds. The molecule has 0 spiro atoms. The van der Waals surface area contributed by atoms with Crippen molar-refractivity contribution in [2.45, 2.75) is 9.79 Å². The fourth-order valence-electron chi connectivity index (χ4n) is 2.01. The first kappa shape index (κ1) is 24.1. The van der Waals surface area contributed by atoms with Crippen LogP contribution in [0.5, 0.6) is 0 Å². The van der Waals surface area contributed by atoms with E-state index < -0.39 is 0 Å². The van der Waals surface area contributed by atoms with Crippen LogP contribution in [0.3, 0.4) is 0 Å². The van der Waals surface area contributed by atoms with Crippen LogP contribution in [0.25, 0.3) is 0 Å². The Morgan fingerprint density at radius 3 is 1.48 bits per heavy atom. The van der Waals surface area contributed by atoms with Gasteiger partial charge < -0.3 is 10.4 Å². The van der Waals surface area contributed by atoms with E-state index in [1.54, 1.807) is 23.5 Å². The molecule has 2 atom stereocenters. The Hall–Kier alpha value is -0.981. The number of benzene rings is 2. The van der Waals surface area contributed by atoms with Crippen LogP contribution in [0.4, 0.5) is 11.4 Å². The summed E-state index contributed by atoms with van der Waals surface area (Å²) < 4.78 is 0. The van der Waals surface area contributed by atoms with Crippen LogP contribution in [-0.4, -0.2) is 25.6 Å². The minimum absolute atomic E-state index is 0. The monoisotopic (exact) mass is 459 g/mol. The van der Waals surface area contributed by atoms with Gasteiger partial charge in [0, 0.05) is 38.4 Å². The molecule has 153 valence electrons. The van der Waals surface area contributed by atoms with Gasteiger partial charge in [0.05, 0.1) is 25.5 Å². The molecule has 2 aromatic carbocycles. The van der Waals surface area contributed by atoms with Gasteiger partial charge in [-0.3, -0.25) is 21.2 Å². The minimum atomic E-state index is -0.136. The van der Waals surface area contributed by atoms with Crippen LogP contribution in [-0.2, 0) is 17.1 Å². The fraction of sp³-hybridized carbons (Fsp3) is 0.250. The van der Waals surface area contributed by atoms with E-state index in [1.807, 2.05) is 48.5 Å². The standard InChI is InChI=1S/C16H24N6O2S2.Cu/c1-21(23)19-17-13-7-3-5-9-15(13)25-11-12-26-16-10-6-4-8-14(16)18-20-22(2)24;/h3-10,17-22H,11-12H2,1-2H3;. The second-order valence-corrected chi connectivity index (χ2v) is 7.58. The molecule has 27 heavy (non-hydrogen) atoms. The molecule has 11 heteroatoms. The van der Waals surface area contributed by atoms with Crippen molar-refractivity contribution in [1.82, 2.24) is 11.1 Å². The summed E-state index contributed by atoms with van der Waals surface area (Å²) in [5.41, 5.74) is 12.8. The third-order valence-corrected chi connectivity index (χ3v) is 5.53. The molecule has 0 aromatic heterocycles. The van der Waals surface area contributed by atoms with Gasteiger partial charge in [-0.15, -0.1) is 23.5 Å². The average Bonchev–Trinajstić information content (AvgIpc) is 2.63. The van der Waals surface area contributed by atoms with Gasteiger partial charge in [-0.05, 0) is 24.3 Å². The van der Waals surface area contributed by atoms with E-state index in [-0.39, 0.29) is 27.4 Å². The number of para-hydroxylation sites is 2. The van der Waals surface area contributed by atoms with Crippen LogP contribution < -0.4 is 32.3 Å². The molecule has 0 aliphatic rings. The maximum atomic E-state index is 11.1. The van der Waals surface area contributed by atoms with Crippen LogP contribution in [0, 0.1) is 10.4 Å². The first-order chi connectivity index (χ1) is 12.6. The van der Waals surface area contributed by atoms with Crippen LogP contribution in [0.1, 0.15) is 0 Å². The zero-order valence-electron chi connectivity index (χ0n) is 15.0. The zero-order valence-corrected chi connectivity index (χ0v) is 17.5. The zero-order chi connectivity index (χ0) is 18.8. The number of quaternary nitrogens is 2. The van der Waals surface area contributed by atoms with Crippen molar-refractivity contribution in [3.63, 3.8) is 0 Å². The van der Waals surface area contributed by atoms with Crippen LogP contribution in [0.15, 0.2) is 58.3 Å². The maximum Gasteiger partial charge on any atom is 0.0854 e. The van der Waals surface area contributed by atoms with E-state index in [4.69, 9.17) is 0 Å². The van der Waals surface area contributed by atoms with Crippen molar-refractivity contribution in [3.8, 4) is 0 Å². The first-order valence-electron chi connectivity index (χ1n) is 8.05. The second-order valence-electron chi connectivity index (χ2n) is 5.30. The largest absolute Gasteiger partial charge is 0.612 e. The summed E-state index contributed by atoms with van der Waals surface area (Å²) in [5.74, 6) is 1.80. The van der Waals surface area contributed by atoms with Crippen LogP contribution in [0.2, 0.25) is 0 Å². The summed E-state index contributed by atoms with van der Waals surface area (Å²) in [5, 5.41) is 21.8. The van der Waals surface area contributed by atoms with E-state index in [9.17, 15) is 10.4 Å². The van der Waals surface area contributed by atoms with Crippen molar-refractivity contribution in [3.05, 3.63) is 58.9 Å². The normalized spacial score (nSPS) is 12.7. The SMILES string of the molecule is C[NH+]([O-])NNc1ccccc1SCCSc1ccccc1NN[NH+](C)[O-].[Cu]. The molecule has 2 rings (SSSR count). The van der Waals surface area contributed by atoms with Crippen molar-refractivity contribution in [1.29, 1.82) is 0 Å². The predicted molar refractivity (Wildman–Crippen MR) is 108 cm³/mol. The van der Waals surface area contributed by atoms with Gasteiger partial charge in [0.2, 0.25) is 0 Å². The molecule has 8 nitrogen and oxygen atoms in total. The Morgan fingerprint density at radius 1 is 0.741 bits per heavy atom. The Morgan fingerprint density at radius 2 is 1.11 bits per heavy atom. The van der Waals surface area contributed by atoms with Crippen molar-refractivity contribution < 1.29 is 27.4 Å². The summed E-state index contributed by atoms with van der Waals surface area (Å²) in [6.45, 7) is 0. The molecule has 1 radical (unpaired) electrons. The average molecular weight is 460 g/mol. The van der Waals surface area contributed by atoms with Crippen LogP contribution >= 0.6 is 23.5 Å². The fourth-order valence-corrected chi connectivity index (χ4v) is 4.01. The molecule has 0 aliphatic carbocycles. The third-order valence-electron chi connectivity index (χ3n) is 3.12. The van der Waals surface area contributed by atoms with E-state index in [0.29, 0.717) is 0 Å². The summed E-state index contributed by atoms with van der Waals surface area (Å²) in [6.07, 6.45) is 0. The van der Waals surface area contributed by atoms with Gasteiger partial charge in [0.15, 0.2) is 0 Å². The minimum Gasteiger partial charge on any atom is -0.612 e. The number of hydrogen-bond donors (Lipinski definition) is 6. The number of hydrogen-bond acceptors (Lipinski definition) is 8. The third kappa shape index (κ3) is 9.17. The number of rotatable bonds is 11. The summed E-state index contributed by atoms with van der Waals surface area (Å²) in [7, 11) is 2.93. The molecule has 0 saturated carbocycles. The van der Waals surface area contributed by atoms with Gasteiger partial charge in [0.25, 0.3) is 0 Å². The number of hydroxylamine groups is 2. The molecule has 6 N–H and O–H groups in total. The Bertz CT molecular complexity index is 623. The summed E-state index contributed by atoms with van der Waals surface area (Å²) in [6, 6.07) is 15.7. The molecule has 0 aliphatic heterocycles. The topological polar surface area (TPSA) is 103 Å². The van der Waals surface area contributed by atoms with E-state index >= 15 is 0 Å². The first-order valence-corrected chi connectivity index (χ1v) is 10.0. The van der Waals surface area contributed by atoms with Crippen molar-refractivity contribution in [2.24, 2.45) is 0 Å². The maximum absolute atomic E-state index is 11.1. The van der Waals surface area contributed by atoms with Gasteiger partial charge in [0.1, 0.15) is 0 Å². The summed E-state index contributed by atoms with van der Waals surface area (Å²) in [4.78, 5) is 2.15. The van der Waals surface area contributed by atoms with Crippen molar-refractivity contribution >= 4 is 34.9 Å². The van der Waals surface area contributed by atoms with Gasteiger partial charge >= 0.3 is 0 Å². The molecule has 0 heterocycles. The van der Waals surface area contributed by atoms with E-state index in [1.165, 1.54) is 14.1 Å². The predicted octanol–water partition coefficient (Wildman–Crippen LogP) is 0.257. The number of thioether (sulfide) groups is 2. The molecular formula is C16H24CuN6O2S2. The van der Waals surface area contributed by atoms with E-state index in [0.717, 1.165) is 32.7 Å². The van der Waals surface area contributed by atoms with Crippen molar-refractivity contribution in [2.75, 3.05) is 36.5 Å². The number of hydrazine groups is 2. The molecular weight excluding hydrogens is 436 g/mol. The second kappa shape index (κ2) is 13.2. The Labute approximate surface area is 178 Å². The van der Waals surface area contributed by atoms with E-state index in [2.05, 4.69) is 21.9 Å². The Balaban J connectivity index is 0.00000364. The molecule has 0 bridgehead atoms. The van der Waals surface area contributed by atoms with Gasteiger partial charge in [-0.1, -0.05) is 35.3 Å². The number of anilines is 2. The van der Waals surface area contributed by atoms with Gasteiger partial charge in [-0.25, -0.2) is 0 Å². The summed E-state index contributed by atoms with van der Waals surface area (Å²) >= 11 is 3.43. The Kier molecular flexibility index (Phi) is 11.8. The quantitative estimate of drug-likeness (QED) is 0.123. The molecule has 0 saturated heterocycles. The number of nitrogens with one attached hydrogen (secondary N) is 6. The molecule has 2 unspecified atom stereocenters. The molecule has 2 aromatic rings. The smallest absolute Gasteiger partial charge is 0.0854 e.